The third-order valence-corrected chi connectivity index (χ3v) is 3.55. The van der Waals surface area contributed by atoms with Crippen LogP contribution >= 0.6 is 11.6 Å². The first kappa shape index (κ1) is 13.9. The summed E-state index contributed by atoms with van der Waals surface area (Å²) >= 11 is 5.48. The lowest BCUT2D eigenvalue weighted by molar-refractivity contribution is -0.131. The van der Waals surface area contributed by atoms with Crippen molar-refractivity contribution in [3.63, 3.8) is 0 Å². The number of anilines is 1. The number of rotatable bonds is 3. The summed E-state index contributed by atoms with van der Waals surface area (Å²) < 4.78 is 0. The van der Waals surface area contributed by atoms with Gasteiger partial charge >= 0.3 is 0 Å². The molecule has 1 aliphatic rings. The van der Waals surface area contributed by atoms with Crippen molar-refractivity contribution in [3.8, 4) is 0 Å². The summed E-state index contributed by atoms with van der Waals surface area (Å²) in [5.41, 5.74) is 2.15. The SMILES string of the molecule is CN(CC(=O)N1CCCc2ccccc21)C(=O)CCl. The molecular weight excluding hydrogens is 264 g/mol. The minimum atomic E-state index is -0.236. The number of alkyl halides is 1. The van der Waals surface area contributed by atoms with Crippen LogP contribution in [0.4, 0.5) is 5.69 Å². The van der Waals surface area contributed by atoms with Crippen LogP contribution in [-0.4, -0.2) is 42.7 Å². The van der Waals surface area contributed by atoms with Crippen molar-refractivity contribution in [2.75, 3.05) is 30.9 Å². The topological polar surface area (TPSA) is 40.6 Å². The van der Waals surface area contributed by atoms with E-state index in [1.807, 2.05) is 24.3 Å². The third-order valence-electron chi connectivity index (χ3n) is 3.32. The van der Waals surface area contributed by atoms with E-state index in [1.54, 1.807) is 11.9 Å². The average Bonchev–Trinajstić information content (AvgIpc) is 2.45. The molecule has 0 spiro atoms. The van der Waals surface area contributed by atoms with E-state index in [2.05, 4.69) is 0 Å². The molecule has 0 atom stereocenters. The van der Waals surface area contributed by atoms with Crippen LogP contribution in [-0.2, 0) is 16.0 Å². The Morgan fingerprint density at radius 3 is 2.84 bits per heavy atom. The minimum absolute atomic E-state index is 0.0619. The number of nitrogens with zero attached hydrogens (tertiary/aromatic N) is 2. The predicted molar refractivity (Wildman–Crippen MR) is 75.5 cm³/mol. The Morgan fingerprint density at radius 2 is 2.11 bits per heavy atom. The van der Waals surface area contributed by atoms with E-state index in [0.717, 1.165) is 18.5 Å². The van der Waals surface area contributed by atoms with Gasteiger partial charge in [-0.05, 0) is 24.5 Å². The van der Waals surface area contributed by atoms with Crippen LogP contribution in [0.1, 0.15) is 12.0 Å². The quantitative estimate of drug-likeness (QED) is 0.790. The fraction of sp³-hybridized carbons (Fsp3) is 0.429. The molecule has 4 nitrogen and oxygen atoms in total. The molecule has 1 aromatic rings. The van der Waals surface area contributed by atoms with Gasteiger partial charge in [-0.2, -0.15) is 0 Å². The predicted octanol–water partition coefficient (Wildman–Crippen LogP) is 1.66. The molecule has 0 aliphatic carbocycles. The number of aryl methyl sites for hydroxylation is 1. The van der Waals surface area contributed by atoms with Crippen LogP contribution in [0.25, 0.3) is 0 Å². The first-order chi connectivity index (χ1) is 9.13. The highest BCUT2D eigenvalue weighted by molar-refractivity contribution is 6.27. The van der Waals surface area contributed by atoms with E-state index in [4.69, 9.17) is 11.6 Å². The van der Waals surface area contributed by atoms with Gasteiger partial charge in [0.1, 0.15) is 5.88 Å². The molecule has 0 bridgehead atoms. The van der Waals surface area contributed by atoms with Crippen LogP contribution in [0, 0.1) is 0 Å². The lowest BCUT2D eigenvalue weighted by atomic mass is 10.0. The van der Waals surface area contributed by atoms with Gasteiger partial charge in [-0.15, -0.1) is 11.6 Å². The Hall–Kier alpha value is -1.55. The molecule has 0 radical (unpaired) electrons. The number of likely N-dealkylation sites (N-methyl/N-ethyl adjacent to an activating group) is 1. The highest BCUT2D eigenvalue weighted by Crippen LogP contribution is 2.26. The van der Waals surface area contributed by atoms with Gasteiger partial charge in [-0.25, -0.2) is 0 Å². The largest absolute Gasteiger partial charge is 0.335 e. The number of para-hydroxylation sites is 1. The van der Waals surface area contributed by atoms with Crippen molar-refractivity contribution in [3.05, 3.63) is 29.8 Å². The van der Waals surface area contributed by atoms with Gasteiger partial charge in [0, 0.05) is 19.3 Å². The van der Waals surface area contributed by atoms with E-state index in [0.29, 0.717) is 6.54 Å². The van der Waals surface area contributed by atoms with E-state index in [9.17, 15) is 9.59 Å². The van der Waals surface area contributed by atoms with Crippen molar-refractivity contribution in [1.82, 2.24) is 4.90 Å². The van der Waals surface area contributed by atoms with E-state index < -0.39 is 0 Å². The van der Waals surface area contributed by atoms with E-state index >= 15 is 0 Å². The molecule has 0 saturated carbocycles. The third kappa shape index (κ3) is 3.07. The molecule has 5 heteroatoms. The number of benzene rings is 1. The maximum atomic E-state index is 12.3. The van der Waals surface area contributed by atoms with Crippen LogP contribution in [0.3, 0.4) is 0 Å². The molecule has 0 N–H and O–H groups in total. The summed E-state index contributed by atoms with van der Waals surface area (Å²) in [7, 11) is 1.60. The van der Waals surface area contributed by atoms with Crippen LogP contribution in [0.15, 0.2) is 24.3 Å². The normalized spacial score (nSPS) is 13.9. The molecule has 0 saturated heterocycles. The van der Waals surface area contributed by atoms with Crippen molar-refractivity contribution in [1.29, 1.82) is 0 Å². The summed E-state index contributed by atoms with van der Waals surface area (Å²) in [5, 5.41) is 0. The average molecular weight is 281 g/mol. The zero-order valence-corrected chi connectivity index (χ0v) is 11.7. The van der Waals surface area contributed by atoms with Gasteiger partial charge in [-0.3, -0.25) is 9.59 Å². The molecular formula is C14H17ClN2O2. The summed E-state index contributed by atoms with van der Waals surface area (Å²) in [6.07, 6.45) is 1.95. The smallest absolute Gasteiger partial charge is 0.246 e. The second kappa shape index (κ2) is 6.06. The fourth-order valence-electron chi connectivity index (χ4n) is 2.27. The molecule has 102 valence electrons. The minimum Gasteiger partial charge on any atom is -0.335 e. The van der Waals surface area contributed by atoms with Crippen molar-refractivity contribution in [2.24, 2.45) is 0 Å². The number of hydrogen-bond acceptors (Lipinski definition) is 2. The van der Waals surface area contributed by atoms with Crippen molar-refractivity contribution in [2.45, 2.75) is 12.8 Å². The number of hydrogen-bond donors (Lipinski definition) is 0. The molecule has 0 fully saturated rings. The second-order valence-corrected chi connectivity index (χ2v) is 4.93. The first-order valence-electron chi connectivity index (χ1n) is 6.31. The fourth-order valence-corrected chi connectivity index (χ4v) is 2.48. The number of fused-ring (bicyclic) bond motifs is 1. The highest BCUT2D eigenvalue weighted by Gasteiger charge is 2.23. The molecule has 1 heterocycles. The monoisotopic (exact) mass is 280 g/mol. The molecule has 19 heavy (non-hydrogen) atoms. The van der Waals surface area contributed by atoms with Gasteiger partial charge < -0.3 is 9.80 Å². The molecule has 1 aromatic carbocycles. The lowest BCUT2D eigenvalue weighted by Gasteiger charge is -2.30. The number of halogens is 1. The summed E-state index contributed by atoms with van der Waals surface area (Å²) in [6.45, 7) is 0.776. The zero-order valence-electron chi connectivity index (χ0n) is 10.9. The van der Waals surface area contributed by atoms with E-state index in [-0.39, 0.29) is 24.2 Å². The molecule has 2 amide bonds. The lowest BCUT2D eigenvalue weighted by Crippen LogP contribution is -2.43. The summed E-state index contributed by atoms with van der Waals surface area (Å²) in [6, 6.07) is 7.91. The summed E-state index contributed by atoms with van der Waals surface area (Å²) in [5.74, 6) is -0.395. The van der Waals surface area contributed by atoms with Gasteiger partial charge in [0.05, 0.1) is 6.54 Å². The Balaban J connectivity index is 2.11. The molecule has 1 aliphatic heterocycles. The van der Waals surface area contributed by atoms with Gasteiger partial charge in [-0.1, -0.05) is 18.2 Å². The van der Waals surface area contributed by atoms with Crippen molar-refractivity contribution >= 4 is 29.1 Å². The van der Waals surface area contributed by atoms with Crippen LogP contribution in [0.2, 0.25) is 0 Å². The number of amides is 2. The molecule has 2 rings (SSSR count). The van der Waals surface area contributed by atoms with Gasteiger partial charge in [0.15, 0.2) is 0 Å². The Labute approximate surface area is 117 Å². The van der Waals surface area contributed by atoms with Gasteiger partial charge in [0.25, 0.3) is 0 Å². The number of carbonyl (C=O) groups is 2. The van der Waals surface area contributed by atoms with Crippen LogP contribution < -0.4 is 4.90 Å². The molecule has 0 aromatic heterocycles. The van der Waals surface area contributed by atoms with E-state index in [1.165, 1.54) is 10.5 Å². The first-order valence-corrected chi connectivity index (χ1v) is 6.85. The Bertz CT molecular complexity index is 490. The summed E-state index contributed by atoms with van der Waals surface area (Å²) in [4.78, 5) is 26.8. The Morgan fingerprint density at radius 1 is 1.37 bits per heavy atom. The Kier molecular flexibility index (Phi) is 4.43. The maximum absolute atomic E-state index is 12.3. The molecule has 0 unspecified atom stereocenters. The second-order valence-electron chi connectivity index (χ2n) is 4.66. The van der Waals surface area contributed by atoms with Gasteiger partial charge in [0.2, 0.25) is 11.8 Å². The standard InChI is InChI=1S/C14H17ClN2O2/c1-16(13(18)9-15)10-14(19)17-8-4-6-11-5-2-3-7-12(11)17/h2-3,5,7H,4,6,8-10H2,1H3. The highest BCUT2D eigenvalue weighted by atomic mass is 35.5. The maximum Gasteiger partial charge on any atom is 0.246 e. The zero-order chi connectivity index (χ0) is 13.8. The van der Waals surface area contributed by atoms with Crippen LogP contribution in [0.5, 0.6) is 0 Å². The number of carbonyl (C=O) groups excluding carboxylic acids is 2. The van der Waals surface area contributed by atoms with Crippen molar-refractivity contribution < 1.29 is 9.59 Å².